The molecule has 3 heteroatoms. The Hall–Kier alpha value is -1.45. The normalized spacial score (nSPS) is 19.1. The number of rotatable bonds is 5. The van der Waals surface area contributed by atoms with Gasteiger partial charge in [0.05, 0.1) is 5.52 Å². The Morgan fingerprint density at radius 3 is 3.11 bits per heavy atom. The highest BCUT2D eigenvalue weighted by Crippen LogP contribution is 2.16. The number of nitrogens with one attached hydrogen (secondary N) is 2. The fourth-order valence-corrected chi connectivity index (χ4v) is 2.80. The maximum atomic E-state index is 4.50. The second-order valence-electron chi connectivity index (χ2n) is 5.24. The van der Waals surface area contributed by atoms with Crippen LogP contribution >= 0.6 is 0 Å². The third-order valence-electron chi connectivity index (χ3n) is 3.84. The summed E-state index contributed by atoms with van der Waals surface area (Å²) >= 11 is 0. The summed E-state index contributed by atoms with van der Waals surface area (Å²) in [4.78, 5) is 4.50. The summed E-state index contributed by atoms with van der Waals surface area (Å²) in [5.41, 5.74) is 2.48. The molecular formula is C16H21N3. The molecule has 1 aromatic carbocycles. The number of para-hydroxylation sites is 1. The van der Waals surface area contributed by atoms with Crippen LogP contribution in [0.4, 0.5) is 0 Å². The summed E-state index contributed by atoms with van der Waals surface area (Å²) < 4.78 is 0. The minimum Gasteiger partial charge on any atom is -0.315 e. The smallest absolute Gasteiger partial charge is 0.0734 e. The van der Waals surface area contributed by atoms with Crippen LogP contribution in [0.5, 0.6) is 0 Å². The molecule has 0 amide bonds. The van der Waals surface area contributed by atoms with Crippen molar-refractivity contribution in [3.63, 3.8) is 0 Å². The molecule has 3 nitrogen and oxygen atoms in total. The van der Waals surface area contributed by atoms with E-state index in [0.29, 0.717) is 6.04 Å². The largest absolute Gasteiger partial charge is 0.315 e. The van der Waals surface area contributed by atoms with Crippen molar-refractivity contribution in [2.45, 2.75) is 25.3 Å². The first-order valence-corrected chi connectivity index (χ1v) is 7.20. The lowest BCUT2D eigenvalue weighted by atomic mass is 10.1. The molecule has 1 unspecified atom stereocenters. The van der Waals surface area contributed by atoms with Gasteiger partial charge in [0.15, 0.2) is 0 Å². The van der Waals surface area contributed by atoms with Gasteiger partial charge in [-0.25, -0.2) is 0 Å². The van der Waals surface area contributed by atoms with Gasteiger partial charge in [-0.1, -0.05) is 24.3 Å². The van der Waals surface area contributed by atoms with Gasteiger partial charge in [-0.2, -0.15) is 0 Å². The molecule has 1 atom stereocenters. The number of fused-ring (bicyclic) bond motifs is 1. The van der Waals surface area contributed by atoms with Crippen molar-refractivity contribution in [3.05, 3.63) is 42.1 Å². The van der Waals surface area contributed by atoms with E-state index >= 15 is 0 Å². The number of hydrogen-bond donors (Lipinski definition) is 2. The number of pyridine rings is 1. The Labute approximate surface area is 114 Å². The molecule has 2 aromatic rings. The fourth-order valence-electron chi connectivity index (χ4n) is 2.80. The summed E-state index contributed by atoms with van der Waals surface area (Å²) in [5.74, 6) is 0. The average Bonchev–Trinajstić information content (AvgIpc) is 2.97. The second kappa shape index (κ2) is 6.13. The molecule has 1 aliphatic rings. The molecule has 0 radical (unpaired) electrons. The van der Waals surface area contributed by atoms with Crippen molar-refractivity contribution in [1.82, 2.24) is 15.6 Å². The lowest BCUT2D eigenvalue weighted by Crippen LogP contribution is -2.34. The molecule has 3 rings (SSSR count). The number of nitrogens with zero attached hydrogens (tertiary/aromatic N) is 1. The zero-order valence-corrected chi connectivity index (χ0v) is 11.2. The maximum Gasteiger partial charge on any atom is 0.0734 e. The Kier molecular flexibility index (Phi) is 4.06. The van der Waals surface area contributed by atoms with Crippen LogP contribution in [0.1, 0.15) is 18.4 Å². The van der Waals surface area contributed by atoms with Crippen LogP contribution in [0.15, 0.2) is 36.5 Å². The number of hydrogen-bond acceptors (Lipinski definition) is 3. The summed E-state index contributed by atoms with van der Waals surface area (Å²) in [5, 5.41) is 8.29. The quantitative estimate of drug-likeness (QED) is 0.804. The van der Waals surface area contributed by atoms with Gasteiger partial charge in [-0.15, -0.1) is 0 Å². The van der Waals surface area contributed by atoms with Crippen molar-refractivity contribution < 1.29 is 0 Å². The highest BCUT2D eigenvalue weighted by molar-refractivity contribution is 5.81. The Bertz CT molecular complexity index is 527. The van der Waals surface area contributed by atoms with Crippen LogP contribution < -0.4 is 10.6 Å². The van der Waals surface area contributed by atoms with Crippen LogP contribution in [0.3, 0.4) is 0 Å². The van der Waals surface area contributed by atoms with Gasteiger partial charge in [0.2, 0.25) is 0 Å². The predicted molar refractivity (Wildman–Crippen MR) is 79.3 cm³/mol. The molecule has 1 aromatic heterocycles. The third-order valence-corrected chi connectivity index (χ3v) is 3.84. The van der Waals surface area contributed by atoms with Gasteiger partial charge in [0, 0.05) is 24.2 Å². The zero-order valence-electron chi connectivity index (χ0n) is 11.2. The molecule has 2 N–H and O–H groups in total. The van der Waals surface area contributed by atoms with Gasteiger partial charge in [-0.05, 0) is 44.0 Å². The molecule has 1 fully saturated rings. The third kappa shape index (κ3) is 3.11. The highest BCUT2D eigenvalue weighted by atomic mass is 15.0. The van der Waals surface area contributed by atoms with E-state index in [4.69, 9.17) is 0 Å². The molecule has 0 aliphatic carbocycles. The molecule has 0 spiro atoms. The highest BCUT2D eigenvalue weighted by Gasteiger charge is 2.12. The SMILES string of the molecule is c1cnc2c(CCNCC3CCCN3)cccc2c1. The van der Waals surface area contributed by atoms with Crippen LogP contribution in [0, 0.1) is 0 Å². The van der Waals surface area contributed by atoms with Crippen LogP contribution in [-0.4, -0.2) is 30.7 Å². The molecule has 0 saturated carbocycles. The van der Waals surface area contributed by atoms with E-state index in [0.717, 1.165) is 25.0 Å². The summed E-state index contributed by atoms with van der Waals surface area (Å²) in [6.45, 7) is 3.28. The summed E-state index contributed by atoms with van der Waals surface area (Å²) in [6, 6.07) is 11.2. The fraction of sp³-hybridized carbons (Fsp3) is 0.438. The molecule has 0 bridgehead atoms. The van der Waals surface area contributed by atoms with E-state index in [9.17, 15) is 0 Å². The van der Waals surface area contributed by atoms with Gasteiger partial charge in [-0.3, -0.25) is 4.98 Å². The van der Waals surface area contributed by atoms with Gasteiger partial charge in [0.1, 0.15) is 0 Å². The van der Waals surface area contributed by atoms with Crippen molar-refractivity contribution in [2.24, 2.45) is 0 Å². The first-order chi connectivity index (χ1) is 9.43. The molecule has 1 aliphatic heterocycles. The first kappa shape index (κ1) is 12.6. The lowest BCUT2D eigenvalue weighted by molar-refractivity contribution is 0.538. The second-order valence-corrected chi connectivity index (χ2v) is 5.24. The standard InChI is InChI=1S/C16H21N3/c1-4-13-6-2-10-19-16(13)14(5-1)8-11-17-12-15-7-3-9-18-15/h1-2,4-6,10,15,17-18H,3,7-9,11-12H2. The van der Waals surface area contributed by atoms with E-state index in [1.54, 1.807) is 0 Å². The average molecular weight is 255 g/mol. The summed E-state index contributed by atoms with van der Waals surface area (Å²) in [6.07, 6.45) is 5.55. The van der Waals surface area contributed by atoms with Crippen LogP contribution in [0.2, 0.25) is 0 Å². The summed E-state index contributed by atoms with van der Waals surface area (Å²) in [7, 11) is 0. The van der Waals surface area contributed by atoms with Crippen molar-refractivity contribution >= 4 is 10.9 Å². The van der Waals surface area contributed by atoms with E-state index in [1.807, 2.05) is 12.3 Å². The first-order valence-electron chi connectivity index (χ1n) is 7.20. The van der Waals surface area contributed by atoms with E-state index in [1.165, 1.54) is 30.3 Å². The van der Waals surface area contributed by atoms with Crippen molar-refractivity contribution in [1.29, 1.82) is 0 Å². The minimum atomic E-state index is 0.672. The molecule has 100 valence electrons. The minimum absolute atomic E-state index is 0.672. The molecular weight excluding hydrogens is 234 g/mol. The van der Waals surface area contributed by atoms with Gasteiger partial charge >= 0.3 is 0 Å². The molecule has 2 heterocycles. The van der Waals surface area contributed by atoms with Crippen LogP contribution in [-0.2, 0) is 6.42 Å². The van der Waals surface area contributed by atoms with Crippen LogP contribution in [0.25, 0.3) is 10.9 Å². The molecule has 1 saturated heterocycles. The van der Waals surface area contributed by atoms with Crippen molar-refractivity contribution in [3.8, 4) is 0 Å². The number of aromatic nitrogens is 1. The van der Waals surface area contributed by atoms with E-state index in [-0.39, 0.29) is 0 Å². The Morgan fingerprint density at radius 2 is 2.21 bits per heavy atom. The van der Waals surface area contributed by atoms with Gasteiger partial charge < -0.3 is 10.6 Å². The topological polar surface area (TPSA) is 37.0 Å². The predicted octanol–water partition coefficient (Wildman–Crippen LogP) is 2.12. The lowest BCUT2D eigenvalue weighted by Gasteiger charge is -2.11. The van der Waals surface area contributed by atoms with E-state index in [2.05, 4.69) is 39.9 Å². The number of benzene rings is 1. The Morgan fingerprint density at radius 1 is 1.26 bits per heavy atom. The van der Waals surface area contributed by atoms with Crippen molar-refractivity contribution in [2.75, 3.05) is 19.6 Å². The monoisotopic (exact) mass is 255 g/mol. The van der Waals surface area contributed by atoms with Gasteiger partial charge in [0.25, 0.3) is 0 Å². The Balaban J connectivity index is 1.56. The van der Waals surface area contributed by atoms with E-state index < -0.39 is 0 Å². The maximum absolute atomic E-state index is 4.50. The zero-order chi connectivity index (χ0) is 12.9. The molecule has 19 heavy (non-hydrogen) atoms.